The van der Waals surface area contributed by atoms with Crippen LogP contribution in [0.2, 0.25) is 0 Å². The first-order valence-electron chi connectivity index (χ1n) is 17.2. The minimum absolute atomic E-state index is 0.532. The molecule has 0 aliphatic carbocycles. The molecule has 6 nitrogen and oxygen atoms in total. The lowest BCUT2D eigenvalue weighted by Gasteiger charge is -2.16. The molecule has 0 unspecified atom stereocenters. The number of fused-ring (bicyclic) bond motifs is 4. The van der Waals surface area contributed by atoms with E-state index in [2.05, 4.69) is 89.5 Å². The molecule has 0 atom stereocenters. The molecule has 0 amide bonds. The smallest absolute Gasteiger partial charge is 0.227 e. The zero-order valence-corrected chi connectivity index (χ0v) is 27.9. The maximum absolute atomic E-state index is 6.29. The van der Waals surface area contributed by atoms with Crippen LogP contribution in [0.25, 0.3) is 95.3 Å². The van der Waals surface area contributed by atoms with Crippen LogP contribution in [0.3, 0.4) is 0 Å². The number of benzene rings is 7. The van der Waals surface area contributed by atoms with Crippen LogP contribution < -0.4 is 0 Å². The molecule has 244 valence electrons. The van der Waals surface area contributed by atoms with Crippen molar-refractivity contribution in [1.82, 2.24) is 24.5 Å². The highest BCUT2D eigenvalue weighted by molar-refractivity contribution is 6.11. The fraction of sp³-hybridized carbons (Fsp3) is 0. The van der Waals surface area contributed by atoms with Crippen LogP contribution in [0.5, 0.6) is 0 Å². The van der Waals surface area contributed by atoms with Gasteiger partial charge in [-0.15, -0.1) is 0 Å². The summed E-state index contributed by atoms with van der Waals surface area (Å²) < 4.78 is 8.60. The third-order valence-electron chi connectivity index (χ3n) is 9.50. The van der Waals surface area contributed by atoms with Gasteiger partial charge in [0.25, 0.3) is 0 Å². The summed E-state index contributed by atoms with van der Waals surface area (Å²) in [7, 11) is 0. The van der Waals surface area contributed by atoms with Gasteiger partial charge >= 0.3 is 0 Å². The second-order valence-electron chi connectivity index (χ2n) is 12.7. The molecule has 3 heterocycles. The van der Waals surface area contributed by atoms with Gasteiger partial charge in [-0.25, -0.2) is 19.9 Å². The monoisotopic (exact) mass is 667 g/mol. The van der Waals surface area contributed by atoms with Gasteiger partial charge in [-0.05, 0) is 59.7 Å². The van der Waals surface area contributed by atoms with Crippen LogP contribution in [-0.2, 0) is 0 Å². The van der Waals surface area contributed by atoms with Crippen molar-refractivity contribution in [2.75, 3.05) is 0 Å². The molecule has 10 rings (SSSR count). The highest BCUT2D eigenvalue weighted by Crippen LogP contribution is 2.39. The summed E-state index contributed by atoms with van der Waals surface area (Å²) in [6.45, 7) is 0. The van der Waals surface area contributed by atoms with Gasteiger partial charge in [-0.1, -0.05) is 127 Å². The molecular formula is C46H29N5O. The Bertz CT molecular complexity index is 2810. The zero-order chi connectivity index (χ0) is 34.4. The third-order valence-corrected chi connectivity index (χ3v) is 9.50. The predicted octanol–water partition coefficient (Wildman–Crippen LogP) is 11.4. The van der Waals surface area contributed by atoms with Crippen molar-refractivity contribution in [3.63, 3.8) is 0 Å². The SMILES string of the molecule is c1ccc(-c2ccc3c(c2)c2ccccc2n3-c2ccc(-c3nc4ccccc4o3)cc2-c2nc(-c3ccccc3)nc(-c3ccccc3)n2)cc1. The molecule has 0 saturated carbocycles. The van der Waals surface area contributed by atoms with Crippen molar-refractivity contribution < 1.29 is 4.42 Å². The van der Waals surface area contributed by atoms with Crippen molar-refractivity contribution in [2.24, 2.45) is 0 Å². The Kier molecular flexibility index (Phi) is 7.03. The van der Waals surface area contributed by atoms with E-state index in [0.717, 1.165) is 60.8 Å². The summed E-state index contributed by atoms with van der Waals surface area (Å²) in [6.07, 6.45) is 0. The molecule has 0 fully saturated rings. The topological polar surface area (TPSA) is 69.6 Å². The lowest BCUT2D eigenvalue weighted by atomic mass is 10.0. The van der Waals surface area contributed by atoms with Crippen molar-refractivity contribution in [1.29, 1.82) is 0 Å². The van der Waals surface area contributed by atoms with E-state index in [1.54, 1.807) is 0 Å². The van der Waals surface area contributed by atoms with E-state index in [4.69, 9.17) is 24.4 Å². The lowest BCUT2D eigenvalue weighted by molar-refractivity contribution is 0.620. The van der Waals surface area contributed by atoms with Gasteiger partial charge in [-0.2, -0.15) is 0 Å². The molecule has 7 aromatic carbocycles. The maximum atomic E-state index is 6.29. The molecule has 0 aliphatic heterocycles. The first-order valence-corrected chi connectivity index (χ1v) is 17.2. The Labute approximate surface area is 299 Å². The molecule has 0 bridgehead atoms. The van der Waals surface area contributed by atoms with Crippen molar-refractivity contribution in [2.45, 2.75) is 0 Å². The van der Waals surface area contributed by atoms with Crippen LogP contribution in [0.4, 0.5) is 0 Å². The molecule has 6 heteroatoms. The second-order valence-corrected chi connectivity index (χ2v) is 12.7. The summed E-state index contributed by atoms with van der Waals surface area (Å²) >= 11 is 0. The minimum atomic E-state index is 0.532. The lowest BCUT2D eigenvalue weighted by Crippen LogP contribution is -2.04. The van der Waals surface area contributed by atoms with E-state index >= 15 is 0 Å². The minimum Gasteiger partial charge on any atom is -0.436 e. The number of hydrogen-bond acceptors (Lipinski definition) is 5. The number of aromatic nitrogens is 5. The first-order chi connectivity index (χ1) is 25.8. The zero-order valence-electron chi connectivity index (χ0n) is 27.9. The number of nitrogens with zero attached hydrogens (tertiary/aromatic N) is 5. The maximum Gasteiger partial charge on any atom is 0.227 e. The van der Waals surface area contributed by atoms with Gasteiger partial charge in [0, 0.05) is 33.0 Å². The Balaban J connectivity index is 1.26. The van der Waals surface area contributed by atoms with E-state index in [0.29, 0.717) is 23.4 Å². The van der Waals surface area contributed by atoms with E-state index < -0.39 is 0 Å². The van der Waals surface area contributed by atoms with E-state index in [1.165, 1.54) is 11.1 Å². The summed E-state index contributed by atoms with van der Waals surface area (Å²) in [6, 6.07) is 60.0. The standard InChI is InChI=1S/C46H29N5O/c1-4-14-30(15-5-1)33-24-26-40-36(28-33)35-20-10-12-22-39(35)51(40)41-27-25-34(46-47-38-21-11-13-23-42(38)52-46)29-37(41)45-49-43(31-16-6-2-7-17-31)48-44(50-45)32-18-8-3-9-19-32/h1-29H. The van der Waals surface area contributed by atoms with Crippen LogP contribution in [0.15, 0.2) is 180 Å². The van der Waals surface area contributed by atoms with E-state index in [9.17, 15) is 0 Å². The summed E-state index contributed by atoms with van der Waals surface area (Å²) in [5.74, 6) is 2.27. The van der Waals surface area contributed by atoms with Crippen LogP contribution in [0, 0.1) is 0 Å². The average Bonchev–Trinajstić information content (AvgIpc) is 3.81. The molecule has 0 aliphatic rings. The van der Waals surface area contributed by atoms with Gasteiger partial charge in [0.1, 0.15) is 5.52 Å². The van der Waals surface area contributed by atoms with Gasteiger partial charge in [0.05, 0.1) is 16.7 Å². The molecule has 3 aromatic heterocycles. The van der Waals surface area contributed by atoms with Gasteiger partial charge in [0.2, 0.25) is 5.89 Å². The van der Waals surface area contributed by atoms with Gasteiger partial charge in [0.15, 0.2) is 23.1 Å². The Morgan fingerprint density at radius 3 is 1.67 bits per heavy atom. The number of rotatable bonds is 6. The molecule has 0 N–H and O–H groups in total. The highest BCUT2D eigenvalue weighted by atomic mass is 16.3. The van der Waals surface area contributed by atoms with Gasteiger partial charge < -0.3 is 8.98 Å². The Morgan fingerprint density at radius 1 is 0.385 bits per heavy atom. The first kappa shape index (κ1) is 29.7. The van der Waals surface area contributed by atoms with E-state index in [1.807, 2.05) is 91.0 Å². The summed E-state index contributed by atoms with van der Waals surface area (Å²) in [5.41, 5.74) is 10.4. The third kappa shape index (κ3) is 5.13. The average molecular weight is 668 g/mol. The van der Waals surface area contributed by atoms with Gasteiger partial charge in [-0.3, -0.25) is 0 Å². The largest absolute Gasteiger partial charge is 0.436 e. The molecule has 0 radical (unpaired) electrons. The quantitative estimate of drug-likeness (QED) is 0.176. The van der Waals surface area contributed by atoms with Crippen molar-refractivity contribution in [3.8, 4) is 62.4 Å². The van der Waals surface area contributed by atoms with Crippen LogP contribution in [0.1, 0.15) is 0 Å². The Hall–Kier alpha value is -7.18. The van der Waals surface area contributed by atoms with Crippen molar-refractivity contribution in [3.05, 3.63) is 176 Å². The summed E-state index contributed by atoms with van der Waals surface area (Å²) in [4.78, 5) is 20.2. The van der Waals surface area contributed by atoms with Crippen LogP contribution >= 0.6 is 0 Å². The second kappa shape index (κ2) is 12.3. The molecule has 0 spiro atoms. The number of oxazole rings is 1. The number of hydrogen-bond donors (Lipinski definition) is 0. The fourth-order valence-electron chi connectivity index (χ4n) is 7.01. The molecule has 10 aromatic rings. The molecular weight excluding hydrogens is 639 g/mol. The fourth-order valence-corrected chi connectivity index (χ4v) is 7.01. The summed E-state index contributed by atoms with van der Waals surface area (Å²) in [5, 5.41) is 2.33. The molecule has 52 heavy (non-hydrogen) atoms. The molecule has 0 saturated heterocycles. The Morgan fingerprint density at radius 2 is 0.962 bits per heavy atom. The normalized spacial score (nSPS) is 11.5. The number of para-hydroxylation sites is 3. The van der Waals surface area contributed by atoms with E-state index in [-0.39, 0.29) is 0 Å². The van der Waals surface area contributed by atoms with Crippen LogP contribution in [-0.4, -0.2) is 24.5 Å². The van der Waals surface area contributed by atoms with Crippen molar-refractivity contribution >= 4 is 32.9 Å². The predicted molar refractivity (Wildman–Crippen MR) is 209 cm³/mol. The highest BCUT2D eigenvalue weighted by Gasteiger charge is 2.21.